The zero-order chi connectivity index (χ0) is 13.7. The molecule has 0 bridgehead atoms. The zero-order valence-corrected chi connectivity index (χ0v) is 10.9. The fourth-order valence-electron chi connectivity index (χ4n) is 1.77. The van der Waals surface area contributed by atoms with E-state index in [1.54, 1.807) is 20.3 Å². The third-order valence-corrected chi connectivity index (χ3v) is 2.75. The van der Waals surface area contributed by atoms with E-state index in [4.69, 9.17) is 14.0 Å². The second kappa shape index (κ2) is 6.04. The molecule has 0 spiro atoms. The molecule has 0 amide bonds. The van der Waals surface area contributed by atoms with Gasteiger partial charge >= 0.3 is 0 Å². The van der Waals surface area contributed by atoms with Gasteiger partial charge in [0.2, 0.25) is 0 Å². The Labute approximate surface area is 111 Å². The summed E-state index contributed by atoms with van der Waals surface area (Å²) in [4.78, 5) is 10.3. The fourth-order valence-corrected chi connectivity index (χ4v) is 1.77. The molecule has 2 aromatic rings. The Balaban J connectivity index is 2.30. The average Bonchev–Trinajstić information content (AvgIpc) is 2.92. The van der Waals surface area contributed by atoms with Crippen LogP contribution in [0.2, 0.25) is 0 Å². The molecule has 19 heavy (non-hydrogen) atoms. The molecule has 100 valence electrons. The van der Waals surface area contributed by atoms with Gasteiger partial charge in [-0.25, -0.2) is 0 Å². The minimum absolute atomic E-state index is 0.425. The van der Waals surface area contributed by atoms with Gasteiger partial charge in [-0.15, -0.1) is 0 Å². The van der Waals surface area contributed by atoms with Crippen molar-refractivity contribution in [2.45, 2.75) is 12.8 Å². The van der Waals surface area contributed by atoms with Gasteiger partial charge in [0.1, 0.15) is 29.2 Å². The SMILES string of the molecule is COc1ccc(-c2cc(CCC=O)on2)c(OC)c1. The molecule has 0 fully saturated rings. The van der Waals surface area contributed by atoms with E-state index < -0.39 is 0 Å². The first-order valence-electron chi connectivity index (χ1n) is 5.90. The van der Waals surface area contributed by atoms with Crippen molar-refractivity contribution in [3.63, 3.8) is 0 Å². The topological polar surface area (TPSA) is 61.6 Å². The summed E-state index contributed by atoms with van der Waals surface area (Å²) in [6, 6.07) is 7.29. The smallest absolute Gasteiger partial charge is 0.137 e. The summed E-state index contributed by atoms with van der Waals surface area (Å²) in [6.45, 7) is 0. The lowest BCUT2D eigenvalue weighted by atomic mass is 10.1. The summed E-state index contributed by atoms with van der Waals surface area (Å²) in [6.07, 6.45) is 1.83. The lowest BCUT2D eigenvalue weighted by molar-refractivity contribution is -0.107. The van der Waals surface area contributed by atoms with Gasteiger partial charge in [-0.2, -0.15) is 0 Å². The number of hydrogen-bond donors (Lipinski definition) is 0. The van der Waals surface area contributed by atoms with Crippen LogP contribution in [0, 0.1) is 0 Å². The van der Waals surface area contributed by atoms with Gasteiger partial charge in [0.15, 0.2) is 0 Å². The second-order valence-electron chi connectivity index (χ2n) is 3.95. The van der Waals surface area contributed by atoms with Gasteiger partial charge < -0.3 is 18.8 Å². The first-order valence-corrected chi connectivity index (χ1v) is 5.90. The van der Waals surface area contributed by atoms with Crippen molar-refractivity contribution in [3.05, 3.63) is 30.0 Å². The third-order valence-electron chi connectivity index (χ3n) is 2.75. The maximum absolute atomic E-state index is 10.3. The van der Waals surface area contributed by atoms with Crippen LogP contribution in [0.4, 0.5) is 0 Å². The summed E-state index contributed by atoms with van der Waals surface area (Å²) in [5.41, 5.74) is 1.50. The number of aromatic nitrogens is 1. The Morgan fingerprint density at radius 1 is 1.26 bits per heavy atom. The molecule has 1 aromatic heterocycles. The third kappa shape index (κ3) is 2.93. The Bertz CT molecular complexity index is 562. The van der Waals surface area contributed by atoms with Crippen molar-refractivity contribution in [3.8, 4) is 22.8 Å². The highest BCUT2D eigenvalue weighted by molar-refractivity contribution is 5.68. The number of ether oxygens (including phenoxy) is 2. The molecule has 0 aliphatic heterocycles. The van der Waals surface area contributed by atoms with Crippen LogP contribution in [0.15, 0.2) is 28.8 Å². The predicted octanol–water partition coefficient (Wildman–Crippen LogP) is 2.49. The number of nitrogens with zero attached hydrogens (tertiary/aromatic N) is 1. The molecule has 1 heterocycles. The number of methoxy groups -OCH3 is 2. The van der Waals surface area contributed by atoms with Crippen LogP contribution in [0.5, 0.6) is 11.5 Å². The number of carbonyl (C=O) groups excluding carboxylic acids is 1. The van der Waals surface area contributed by atoms with Crippen molar-refractivity contribution in [2.75, 3.05) is 14.2 Å². The van der Waals surface area contributed by atoms with Crippen LogP contribution < -0.4 is 9.47 Å². The van der Waals surface area contributed by atoms with Gasteiger partial charge in [0, 0.05) is 30.5 Å². The van der Waals surface area contributed by atoms with Gasteiger partial charge in [0.05, 0.1) is 14.2 Å². The van der Waals surface area contributed by atoms with Crippen molar-refractivity contribution >= 4 is 6.29 Å². The zero-order valence-electron chi connectivity index (χ0n) is 10.9. The van der Waals surface area contributed by atoms with Crippen molar-refractivity contribution < 1.29 is 18.8 Å². The molecule has 5 nitrogen and oxygen atoms in total. The lowest BCUT2D eigenvalue weighted by Gasteiger charge is -2.07. The minimum Gasteiger partial charge on any atom is -0.497 e. The minimum atomic E-state index is 0.425. The number of carbonyl (C=O) groups is 1. The maximum atomic E-state index is 10.3. The van der Waals surface area contributed by atoms with Crippen LogP contribution in [-0.2, 0) is 11.2 Å². The van der Waals surface area contributed by atoms with Gasteiger partial charge in [-0.3, -0.25) is 0 Å². The molecule has 0 unspecified atom stereocenters. The van der Waals surface area contributed by atoms with Crippen molar-refractivity contribution in [1.82, 2.24) is 5.16 Å². The van der Waals surface area contributed by atoms with Crippen molar-refractivity contribution in [1.29, 1.82) is 0 Å². The number of aryl methyl sites for hydroxylation is 1. The van der Waals surface area contributed by atoms with Crippen LogP contribution in [0.1, 0.15) is 12.2 Å². The molecule has 0 aliphatic carbocycles. The lowest BCUT2D eigenvalue weighted by Crippen LogP contribution is -1.90. The molecular formula is C14H15NO4. The number of hydrogen-bond acceptors (Lipinski definition) is 5. The summed E-state index contributed by atoms with van der Waals surface area (Å²) in [5.74, 6) is 2.06. The normalized spacial score (nSPS) is 10.2. The number of aldehydes is 1. The van der Waals surface area contributed by atoms with Crippen LogP contribution in [0.3, 0.4) is 0 Å². The fraction of sp³-hybridized carbons (Fsp3) is 0.286. The maximum Gasteiger partial charge on any atom is 0.137 e. The highest BCUT2D eigenvalue weighted by atomic mass is 16.5. The summed E-state index contributed by atoms with van der Waals surface area (Å²) < 4.78 is 15.6. The average molecular weight is 261 g/mol. The van der Waals surface area contributed by atoms with E-state index >= 15 is 0 Å². The molecule has 0 aliphatic rings. The number of rotatable bonds is 6. The molecule has 0 atom stereocenters. The summed E-state index contributed by atoms with van der Waals surface area (Å²) >= 11 is 0. The highest BCUT2D eigenvalue weighted by Crippen LogP contribution is 2.32. The van der Waals surface area contributed by atoms with E-state index in [1.165, 1.54) is 0 Å². The molecule has 0 saturated carbocycles. The first kappa shape index (κ1) is 13.1. The molecule has 1 aromatic carbocycles. The Morgan fingerprint density at radius 3 is 2.79 bits per heavy atom. The highest BCUT2D eigenvalue weighted by Gasteiger charge is 2.12. The van der Waals surface area contributed by atoms with Crippen LogP contribution >= 0.6 is 0 Å². The van der Waals surface area contributed by atoms with Gasteiger partial charge in [-0.05, 0) is 12.1 Å². The van der Waals surface area contributed by atoms with Crippen molar-refractivity contribution in [2.24, 2.45) is 0 Å². The van der Waals surface area contributed by atoms with Crippen LogP contribution in [-0.4, -0.2) is 25.7 Å². The Morgan fingerprint density at radius 2 is 2.11 bits per heavy atom. The molecule has 0 saturated heterocycles. The molecule has 0 radical (unpaired) electrons. The van der Waals surface area contributed by atoms with E-state index in [0.717, 1.165) is 11.8 Å². The van der Waals surface area contributed by atoms with Crippen LogP contribution in [0.25, 0.3) is 11.3 Å². The van der Waals surface area contributed by atoms with Gasteiger partial charge in [0.25, 0.3) is 0 Å². The van der Waals surface area contributed by atoms with E-state index in [-0.39, 0.29) is 0 Å². The number of benzene rings is 1. The van der Waals surface area contributed by atoms with Gasteiger partial charge in [-0.1, -0.05) is 5.16 Å². The first-order chi connectivity index (χ1) is 9.28. The van der Waals surface area contributed by atoms with E-state index in [0.29, 0.717) is 35.8 Å². The second-order valence-corrected chi connectivity index (χ2v) is 3.95. The quantitative estimate of drug-likeness (QED) is 0.747. The van der Waals surface area contributed by atoms with E-state index in [9.17, 15) is 4.79 Å². The monoisotopic (exact) mass is 261 g/mol. The molecule has 5 heteroatoms. The Kier molecular flexibility index (Phi) is 4.18. The Hall–Kier alpha value is -2.30. The largest absolute Gasteiger partial charge is 0.497 e. The molecule has 2 rings (SSSR count). The molecular weight excluding hydrogens is 246 g/mol. The predicted molar refractivity (Wildman–Crippen MR) is 69.4 cm³/mol. The van der Waals surface area contributed by atoms with E-state index in [2.05, 4.69) is 5.16 Å². The summed E-state index contributed by atoms with van der Waals surface area (Å²) in [7, 11) is 3.19. The van der Waals surface area contributed by atoms with E-state index in [1.807, 2.05) is 18.2 Å². The molecule has 0 N–H and O–H groups in total. The standard InChI is InChI=1S/C14H15NO4/c1-17-10-5-6-12(14(9-10)18-2)13-8-11(19-15-13)4-3-7-16/h5-9H,3-4H2,1-2H3. The summed E-state index contributed by atoms with van der Waals surface area (Å²) in [5, 5.41) is 3.99.